The Bertz CT molecular complexity index is 680. The zero-order valence-corrected chi connectivity index (χ0v) is 8.64. The summed E-state index contributed by atoms with van der Waals surface area (Å²) in [6, 6.07) is 9.17. The highest BCUT2D eigenvalue weighted by Crippen LogP contribution is 2.23. The van der Waals surface area contributed by atoms with Gasteiger partial charge in [-0.15, -0.1) is 0 Å². The second-order valence-corrected chi connectivity index (χ2v) is 3.58. The molecule has 2 aromatic heterocycles. The van der Waals surface area contributed by atoms with Crippen molar-refractivity contribution in [3.63, 3.8) is 0 Å². The summed E-state index contributed by atoms with van der Waals surface area (Å²) in [5.74, 6) is -0.642. The fourth-order valence-electron chi connectivity index (χ4n) is 1.67. The summed E-state index contributed by atoms with van der Waals surface area (Å²) in [6.45, 7) is 0. The van der Waals surface area contributed by atoms with Gasteiger partial charge in [0.15, 0.2) is 22.9 Å². The second-order valence-electron chi connectivity index (χ2n) is 3.58. The molecule has 0 fully saturated rings. The van der Waals surface area contributed by atoms with Gasteiger partial charge in [0.25, 0.3) is 5.78 Å². The molecule has 4 heteroatoms. The molecule has 3 aromatic rings. The molecule has 0 N–H and O–H groups in total. The van der Waals surface area contributed by atoms with Crippen LogP contribution < -0.4 is 0 Å². The normalized spacial score (nSPS) is 10.9. The number of carbonyl (C=O) groups excluding carboxylic acids is 1. The molecule has 3 rings (SSSR count). The summed E-state index contributed by atoms with van der Waals surface area (Å²) in [7, 11) is 0. The van der Waals surface area contributed by atoms with Crippen molar-refractivity contribution >= 4 is 16.8 Å². The van der Waals surface area contributed by atoms with E-state index < -0.39 is 11.6 Å². The monoisotopic (exact) mass is 230 g/mol. The molecule has 0 aliphatic heterocycles. The minimum absolute atomic E-state index is 0.0695. The fraction of sp³-hybridized carbons (Fsp3) is 0. The third-order valence-electron chi connectivity index (χ3n) is 2.46. The zero-order chi connectivity index (χ0) is 11.8. The summed E-state index contributed by atoms with van der Waals surface area (Å²) in [5.41, 5.74) is 0.0856. The molecule has 0 saturated carbocycles. The highest BCUT2D eigenvalue weighted by atomic mass is 19.1. The van der Waals surface area contributed by atoms with Gasteiger partial charge < -0.3 is 8.83 Å². The van der Waals surface area contributed by atoms with E-state index >= 15 is 0 Å². The van der Waals surface area contributed by atoms with E-state index in [9.17, 15) is 9.18 Å². The first-order chi connectivity index (χ1) is 8.25. The van der Waals surface area contributed by atoms with E-state index in [4.69, 9.17) is 8.83 Å². The second kappa shape index (κ2) is 3.59. The Hall–Kier alpha value is -2.36. The van der Waals surface area contributed by atoms with Crippen LogP contribution in [0, 0.1) is 5.82 Å². The molecule has 0 bridgehead atoms. The minimum Gasteiger partial charge on any atom is -0.461 e. The average Bonchev–Trinajstić information content (AvgIpc) is 2.98. The lowest BCUT2D eigenvalue weighted by Crippen LogP contribution is -1.96. The van der Waals surface area contributed by atoms with Crippen LogP contribution in [-0.4, -0.2) is 5.78 Å². The lowest BCUT2D eigenvalue weighted by molar-refractivity contribution is 0.0985. The molecule has 1 aromatic carbocycles. The number of para-hydroxylation sites is 1. The smallest absolute Gasteiger partial charge is 0.263 e. The minimum atomic E-state index is -0.485. The Morgan fingerprint density at radius 3 is 2.71 bits per heavy atom. The molecular weight excluding hydrogens is 223 g/mol. The Kier molecular flexibility index (Phi) is 2.08. The van der Waals surface area contributed by atoms with E-state index in [1.54, 1.807) is 18.2 Å². The van der Waals surface area contributed by atoms with Gasteiger partial charge in [-0.3, -0.25) is 4.79 Å². The van der Waals surface area contributed by atoms with Gasteiger partial charge in [0.1, 0.15) is 0 Å². The van der Waals surface area contributed by atoms with E-state index in [0.29, 0.717) is 5.39 Å². The van der Waals surface area contributed by atoms with Gasteiger partial charge in [0.05, 0.1) is 6.26 Å². The number of furan rings is 2. The summed E-state index contributed by atoms with van der Waals surface area (Å²) < 4.78 is 23.5. The highest BCUT2D eigenvalue weighted by Gasteiger charge is 2.18. The topological polar surface area (TPSA) is 43.4 Å². The molecular formula is C13H7FO3. The van der Waals surface area contributed by atoms with Crippen LogP contribution in [-0.2, 0) is 0 Å². The molecule has 84 valence electrons. The number of benzene rings is 1. The quantitative estimate of drug-likeness (QED) is 0.633. The van der Waals surface area contributed by atoms with Crippen LogP contribution in [0.4, 0.5) is 4.39 Å². The Labute approximate surface area is 95.5 Å². The Morgan fingerprint density at radius 1 is 1.12 bits per heavy atom. The third-order valence-corrected chi connectivity index (χ3v) is 2.46. The molecule has 17 heavy (non-hydrogen) atoms. The van der Waals surface area contributed by atoms with Gasteiger partial charge in [-0.25, -0.2) is 4.39 Å². The number of hydrogen-bond acceptors (Lipinski definition) is 3. The molecule has 0 atom stereocenters. The number of rotatable bonds is 2. The molecule has 0 radical (unpaired) electrons. The van der Waals surface area contributed by atoms with Gasteiger partial charge >= 0.3 is 0 Å². The van der Waals surface area contributed by atoms with Gasteiger partial charge in [0.2, 0.25) is 0 Å². The van der Waals surface area contributed by atoms with Gasteiger partial charge in [0, 0.05) is 5.39 Å². The van der Waals surface area contributed by atoms with Crippen LogP contribution in [0.25, 0.3) is 11.0 Å². The summed E-state index contributed by atoms with van der Waals surface area (Å²) in [4.78, 5) is 11.9. The number of ketones is 1. The van der Waals surface area contributed by atoms with E-state index in [-0.39, 0.29) is 17.1 Å². The van der Waals surface area contributed by atoms with Crippen molar-refractivity contribution in [3.05, 3.63) is 60.0 Å². The lowest BCUT2D eigenvalue weighted by atomic mass is 10.2. The van der Waals surface area contributed by atoms with E-state index in [1.165, 1.54) is 24.5 Å². The maximum Gasteiger partial charge on any atom is 0.263 e. The van der Waals surface area contributed by atoms with Crippen LogP contribution in [0.5, 0.6) is 0 Å². The number of hydrogen-bond donors (Lipinski definition) is 0. The zero-order valence-electron chi connectivity index (χ0n) is 8.64. The Balaban J connectivity index is 2.13. The van der Waals surface area contributed by atoms with Gasteiger partial charge in [-0.1, -0.05) is 12.1 Å². The summed E-state index contributed by atoms with van der Waals surface area (Å²) in [6.07, 6.45) is 1.40. The molecule has 0 unspecified atom stereocenters. The van der Waals surface area contributed by atoms with Crippen molar-refractivity contribution in [1.29, 1.82) is 0 Å². The van der Waals surface area contributed by atoms with Crippen molar-refractivity contribution in [2.45, 2.75) is 0 Å². The van der Waals surface area contributed by atoms with Crippen LogP contribution in [0.15, 0.2) is 51.5 Å². The molecule has 0 amide bonds. The van der Waals surface area contributed by atoms with Crippen molar-refractivity contribution in [2.75, 3.05) is 0 Å². The molecule has 0 spiro atoms. The predicted octanol–water partition coefficient (Wildman–Crippen LogP) is 3.40. The van der Waals surface area contributed by atoms with Crippen LogP contribution in [0.1, 0.15) is 16.3 Å². The Morgan fingerprint density at radius 2 is 2.00 bits per heavy atom. The highest BCUT2D eigenvalue weighted by molar-refractivity contribution is 6.07. The van der Waals surface area contributed by atoms with Crippen LogP contribution >= 0.6 is 0 Å². The average molecular weight is 230 g/mol. The molecule has 2 heterocycles. The van der Waals surface area contributed by atoms with E-state index in [2.05, 4.69) is 0 Å². The molecule has 0 aliphatic rings. The first-order valence-electron chi connectivity index (χ1n) is 5.02. The number of halogens is 1. The van der Waals surface area contributed by atoms with Crippen LogP contribution in [0.3, 0.4) is 0 Å². The van der Waals surface area contributed by atoms with Gasteiger partial charge in [-0.05, 0) is 24.3 Å². The van der Waals surface area contributed by atoms with Gasteiger partial charge in [-0.2, -0.15) is 0 Å². The first kappa shape index (κ1) is 9.84. The predicted molar refractivity (Wildman–Crippen MR) is 58.3 cm³/mol. The van der Waals surface area contributed by atoms with Crippen molar-refractivity contribution < 1.29 is 18.0 Å². The van der Waals surface area contributed by atoms with Crippen molar-refractivity contribution in [3.8, 4) is 0 Å². The maximum atomic E-state index is 13.4. The SMILES string of the molecule is O=C(c1ccco1)c1cc2cccc(F)c2o1. The van der Waals surface area contributed by atoms with Crippen molar-refractivity contribution in [1.82, 2.24) is 0 Å². The largest absolute Gasteiger partial charge is 0.461 e. The van der Waals surface area contributed by atoms with Crippen molar-refractivity contribution in [2.24, 2.45) is 0 Å². The van der Waals surface area contributed by atoms with E-state index in [0.717, 1.165) is 0 Å². The summed E-state index contributed by atoms with van der Waals surface area (Å²) >= 11 is 0. The third kappa shape index (κ3) is 1.54. The first-order valence-corrected chi connectivity index (χ1v) is 5.02. The number of fused-ring (bicyclic) bond motifs is 1. The summed E-state index contributed by atoms with van der Waals surface area (Å²) in [5, 5.41) is 0.555. The van der Waals surface area contributed by atoms with E-state index in [1.807, 2.05) is 0 Å². The molecule has 0 saturated heterocycles. The molecule has 3 nitrogen and oxygen atoms in total. The molecule has 0 aliphatic carbocycles. The lowest BCUT2D eigenvalue weighted by Gasteiger charge is -1.90. The standard InChI is InChI=1S/C13H7FO3/c14-9-4-1-3-8-7-11(17-13(8)9)12(15)10-5-2-6-16-10/h1-7H. The number of carbonyl (C=O) groups is 1. The van der Waals surface area contributed by atoms with Crippen LogP contribution in [0.2, 0.25) is 0 Å². The maximum absolute atomic E-state index is 13.4. The fourth-order valence-corrected chi connectivity index (χ4v) is 1.67.